The molecule has 1 aliphatic heterocycles. The molecule has 0 aliphatic carbocycles. The van der Waals surface area contributed by atoms with Crippen LogP contribution in [0, 0.1) is 0 Å². The van der Waals surface area contributed by atoms with Gasteiger partial charge in [-0.25, -0.2) is 0 Å². The highest BCUT2D eigenvalue weighted by molar-refractivity contribution is 5.77. The third-order valence-electron chi connectivity index (χ3n) is 3.15. The van der Waals surface area contributed by atoms with Crippen molar-refractivity contribution in [1.82, 2.24) is 10.6 Å². The van der Waals surface area contributed by atoms with Crippen LogP contribution in [-0.4, -0.2) is 25.8 Å². The van der Waals surface area contributed by atoms with Crippen molar-refractivity contribution in [3.05, 3.63) is 23.8 Å². The summed E-state index contributed by atoms with van der Waals surface area (Å²) in [5.41, 5.74) is 1.08. The highest BCUT2D eigenvalue weighted by Crippen LogP contribution is 2.32. The number of unbranched alkanes of at least 4 members (excludes halogenated alkanes) is 2. The van der Waals surface area contributed by atoms with Crippen molar-refractivity contribution >= 4 is 5.91 Å². The second-order valence-electron chi connectivity index (χ2n) is 4.85. The molecular weight excluding hydrogens is 256 g/mol. The van der Waals surface area contributed by atoms with Crippen LogP contribution in [0.15, 0.2) is 18.2 Å². The van der Waals surface area contributed by atoms with E-state index in [9.17, 15) is 4.79 Å². The SMILES string of the molecule is CCCCCNC(=O)CNCc1ccc2c(c1)OCO2. The summed E-state index contributed by atoms with van der Waals surface area (Å²) in [7, 11) is 0. The van der Waals surface area contributed by atoms with E-state index in [2.05, 4.69) is 17.6 Å². The van der Waals surface area contributed by atoms with Gasteiger partial charge in [0.15, 0.2) is 11.5 Å². The number of hydrogen-bond donors (Lipinski definition) is 2. The summed E-state index contributed by atoms with van der Waals surface area (Å²) in [6.45, 7) is 4.17. The van der Waals surface area contributed by atoms with E-state index in [1.54, 1.807) is 0 Å². The second-order valence-corrected chi connectivity index (χ2v) is 4.85. The standard InChI is InChI=1S/C15H22N2O3/c1-2-3-4-7-17-15(18)10-16-9-12-5-6-13-14(8-12)20-11-19-13/h5-6,8,16H,2-4,7,9-11H2,1H3,(H,17,18). The zero-order valence-corrected chi connectivity index (χ0v) is 11.9. The maximum atomic E-state index is 11.6. The fourth-order valence-electron chi connectivity index (χ4n) is 2.04. The monoisotopic (exact) mass is 278 g/mol. The van der Waals surface area contributed by atoms with E-state index in [0.29, 0.717) is 13.1 Å². The Kier molecular flexibility index (Phi) is 5.68. The Bertz CT molecular complexity index is 449. The molecule has 0 atom stereocenters. The van der Waals surface area contributed by atoms with Crippen molar-refractivity contribution < 1.29 is 14.3 Å². The average Bonchev–Trinajstić information content (AvgIpc) is 2.91. The lowest BCUT2D eigenvalue weighted by atomic mass is 10.2. The number of fused-ring (bicyclic) bond motifs is 1. The number of benzene rings is 1. The number of carbonyl (C=O) groups is 1. The lowest BCUT2D eigenvalue weighted by Gasteiger charge is -2.07. The van der Waals surface area contributed by atoms with Crippen LogP contribution in [-0.2, 0) is 11.3 Å². The van der Waals surface area contributed by atoms with Crippen LogP contribution >= 0.6 is 0 Å². The van der Waals surface area contributed by atoms with Crippen molar-refractivity contribution in [1.29, 1.82) is 0 Å². The quantitative estimate of drug-likeness (QED) is 0.712. The molecule has 0 aromatic heterocycles. The summed E-state index contributed by atoms with van der Waals surface area (Å²) in [5, 5.41) is 6.02. The van der Waals surface area contributed by atoms with Crippen LogP contribution in [0.5, 0.6) is 11.5 Å². The molecule has 0 unspecified atom stereocenters. The van der Waals surface area contributed by atoms with Crippen LogP contribution in [0.1, 0.15) is 31.7 Å². The van der Waals surface area contributed by atoms with Crippen molar-refractivity contribution in [2.75, 3.05) is 19.9 Å². The molecular formula is C15H22N2O3. The fraction of sp³-hybridized carbons (Fsp3) is 0.533. The number of nitrogens with one attached hydrogen (secondary N) is 2. The summed E-state index contributed by atoms with van der Waals surface area (Å²) in [6.07, 6.45) is 3.37. The molecule has 1 heterocycles. The Morgan fingerprint density at radius 1 is 1.25 bits per heavy atom. The number of hydrogen-bond acceptors (Lipinski definition) is 4. The first kappa shape index (κ1) is 14.7. The molecule has 110 valence electrons. The Labute approximate surface area is 119 Å². The zero-order valence-electron chi connectivity index (χ0n) is 11.9. The summed E-state index contributed by atoms with van der Waals surface area (Å²) in [4.78, 5) is 11.6. The first-order valence-corrected chi connectivity index (χ1v) is 7.15. The molecule has 20 heavy (non-hydrogen) atoms. The molecule has 5 heteroatoms. The van der Waals surface area contributed by atoms with Gasteiger partial charge in [0.2, 0.25) is 12.7 Å². The molecule has 0 saturated carbocycles. The van der Waals surface area contributed by atoms with Gasteiger partial charge in [0.25, 0.3) is 0 Å². The lowest BCUT2D eigenvalue weighted by molar-refractivity contribution is -0.120. The van der Waals surface area contributed by atoms with Crippen LogP contribution in [0.25, 0.3) is 0 Å². The first-order chi connectivity index (χ1) is 9.79. The minimum absolute atomic E-state index is 0.0434. The Hall–Kier alpha value is -1.75. The minimum atomic E-state index is 0.0434. The highest BCUT2D eigenvalue weighted by Gasteiger charge is 2.12. The summed E-state index contributed by atoms with van der Waals surface area (Å²) in [6, 6.07) is 5.80. The van der Waals surface area contributed by atoms with Crippen LogP contribution < -0.4 is 20.1 Å². The van der Waals surface area contributed by atoms with Crippen LogP contribution in [0.2, 0.25) is 0 Å². The van der Waals surface area contributed by atoms with Crippen molar-refractivity contribution in [2.24, 2.45) is 0 Å². The van der Waals surface area contributed by atoms with E-state index in [1.807, 2.05) is 18.2 Å². The molecule has 0 spiro atoms. The van der Waals surface area contributed by atoms with Gasteiger partial charge in [-0.3, -0.25) is 4.79 Å². The number of amides is 1. The van der Waals surface area contributed by atoms with Gasteiger partial charge in [0.05, 0.1) is 6.54 Å². The van der Waals surface area contributed by atoms with Crippen molar-refractivity contribution in [3.8, 4) is 11.5 Å². The molecule has 1 aliphatic rings. The molecule has 5 nitrogen and oxygen atoms in total. The second kappa shape index (κ2) is 7.75. The Morgan fingerprint density at radius 2 is 2.10 bits per heavy atom. The minimum Gasteiger partial charge on any atom is -0.454 e. The lowest BCUT2D eigenvalue weighted by Crippen LogP contribution is -2.34. The normalized spacial score (nSPS) is 12.4. The summed E-state index contributed by atoms with van der Waals surface area (Å²) in [5.74, 6) is 1.59. The van der Waals surface area contributed by atoms with E-state index < -0.39 is 0 Å². The van der Waals surface area contributed by atoms with Gasteiger partial charge in [-0.1, -0.05) is 25.8 Å². The topological polar surface area (TPSA) is 59.6 Å². The van der Waals surface area contributed by atoms with Gasteiger partial charge < -0.3 is 20.1 Å². The maximum absolute atomic E-state index is 11.6. The number of rotatable bonds is 8. The van der Waals surface area contributed by atoms with E-state index in [4.69, 9.17) is 9.47 Å². The van der Waals surface area contributed by atoms with E-state index >= 15 is 0 Å². The predicted molar refractivity (Wildman–Crippen MR) is 76.8 cm³/mol. The smallest absolute Gasteiger partial charge is 0.233 e. The highest BCUT2D eigenvalue weighted by atomic mass is 16.7. The van der Waals surface area contributed by atoms with Crippen molar-refractivity contribution in [2.45, 2.75) is 32.7 Å². The Balaban J connectivity index is 1.64. The van der Waals surface area contributed by atoms with Gasteiger partial charge in [-0.05, 0) is 24.1 Å². The molecule has 1 amide bonds. The van der Waals surface area contributed by atoms with E-state index in [0.717, 1.165) is 42.9 Å². The van der Waals surface area contributed by atoms with Crippen molar-refractivity contribution in [3.63, 3.8) is 0 Å². The molecule has 0 fully saturated rings. The van der Waals surface area contributed by atoms with Gasteiger partial charge in [-0.15, -0.1) is 0 Å². The van der Waals surface area contributed by atoms with Gasteiger partial charge in [-0.2, -0.15) is 0 Å². The van der Waals surface area contributed by atoms with E-state index in [-0.39, 0.29) is 12.7 Å². The first-order valence-electron chi connectivity index (χ1n) is 7.15. The molecule has 1 aromatic rings. The molecule has 1 aromatic carbocycles. The average molecular weight is 278 g/mol. The van der Waals surface area contributed by atoms with Crippen LogP contribution in [0.3, 0.4) is 0 Å². The fourth-order valence-corrected chi connectivity index (χ4v) is 2.04. The zero-order chi connectivity index (χ0) is 14.2. The summed E-state index contributed by atoms with van der Waals surface area (Å²) < 4.78 is 10.6. The predicted octanol–water partition coefficient (Wildman–Crippen LogP) is 1.81. The van der Waals surface area contributed by atoms with Gasteiger partial charge >= 0.3 is 0 Å². The number of carbonyl (C=O) groups excluding carboxylic acids is 1. The Morgan fingerprint density at radius 3 is 2.95 bits per heavy atom. The summed E-state index contributed by atoms with van der Waals surface area (Å²) >= 11 is 0. The van der Waals surface area contributed by atoms with Crippen LogP contribution in [0.4, 0.5) is 0 Å². The molecule has 2 N–H and O–H groups in total. The third kappa shape index (κ3) is 4.42. The maximum Gasteiger partial charge on any atom is 0.233 e. The molecule has 0 bridgehead atoms. The molecule has 2 rings (SSSR count). The molecule has 0 radical (unpaired) electrons. The van der Waals surface area contributed by atoms with Gasteiger partial charge in [0.1, 0.15) is 0 Å². The third-order valence-corrected chi connectivity index (χ3v) is 3.15. The largest absolute Gasteiger partial charge is 0.454 e. The van der Waals surface area contributed by atoms with E-state index in [1.165, 1.54) is 0 Å². The van der Waals surface area contributed by atoms with Gasteiger partial charge in [0, 0.05) is 13.1 Å². The molecule has 0 saturated heterocycles. The number of ether oxygens (including phenoxy) is 2.